The number of carbonyl (C=O) groups is 2. The summed E-state index contributed by atoms with van der Waals surface area (Å²) >= 11 is 0. The van der Waals surface area contributed by atoms with E-state index < -0.39 is 11.9 Å². The third-order valence-electron chi connectivity index (χ3n) is 0.683. The third kappa shape index (κ3) is 85.4. The van der Waals surface area contributed by atoms with Crippen molar-refractivity contribution in [3.63, 3.8) is 0 Å². The van der Waals surface area contributed by atoms with E-state index in [1.165, 1.54) is 0 Å². The Labute approximate surface area is 83.9 Å². The van der Waals surface area contributed by atoms with Crippen LogP contribution in [0.5, 0.6) is 0 Å². The van der Waals surface area contributed by atoms with Crippen LogP contribution in [0, 0.1) is 0 Å². The van der Waals surface area contributed by atoms with Crippen LogP contribution < -0.4 is 0 Å². The Morgan fingerprint density at radius 2 is 1.07 bits per heavy atom. The molecule has 0 heterocycles. The molecule has 0 aromatic rings. The van der Waals surface area contributed by atoms with Gasteiger partial charge in [0, 0.05) is 12.2 Å². The molecule has 0 bridgehead atoms. The van der Waals surface area contributed by atoms with Gasteiger partial charge in [-0.05, 0) is 13.8 Å². The molecule has 4 nitrogen and oxygen atoms in total. The zero-order valence-corrected chi connectivity index (χ0v) is 8.43. The minimum absolute atomic E-state index is 0.833. The molecule has 0 aromatic heterocycles. The number of hydrogen-bond donors (Lipinski definition) is 2. The van der Waals surface area contributed by atoms with Crippen LogP contribution in [0.3, 0.4) is 0 Å². The highest BCUT2D eigenvalue weighted by atomic mass is 16.4. The Morgan fingerprint density at radius 1 is 0.929 bits per heavy atom. The molecule has 0 fully saturated rings. The quantitative estimate of drug-likeness (QED) is 0.528. The van der Waals surface area contributed by atoms with E-state index in [-0.39, 0.29) is 0 Å². The van der Waals surface area contributed by atoms with Gasteiger partial charge >= 0.3 is 11.9 Å². The van der Waals surface area contributed by atoms with E-state index in [0.717, 1.165) is 12.2 Å². The van der Waals surface area contributed by atoms with Gasteiger partial charge in [-0.25, -0.2) is 9.59 Å². The van der Waals surface area contributed by atoms with Crippen molar-refractivity contribution in [1.29, 1.82) is 0 Å². The summed E-state index contributed by atoms with van der Waals surface area (Å²) < 4.78 is 0. The minimum Gasteiger partial charge on any atom is -0.478 e. The van der Waals surface area contributed by atoms with Crippen LogP contribution in [0.15, 0.2) is 37.5 Å². The first-order valence-electron chi connectivity index (χ1n) is 3.74. The van der Waals surface area contributed by atoms with Gasteiger partial charge < -0.3 is 10.2 Å². The molecule has 0 unspecified atom stereocenters. The standard InChI is InChI=1S/C4H8.2C3H4O2/c1-3-4-2;2*1-2-3(4)5/h3-4H,1-2H3;2*2H,1H2,(H,4,5). The summed E-state index contributed by atoms with van der Waals surface area (Å²) in [5.41, 5.74) is 0. The molecule has 0 saturated heterocycles. The van der Waals surface area contributed by atoms with E-state index in [0.29, 0.717) is 0 Å². The summed E-state index contributed by atoms with van der Waals surface area (Å²) in [6.45, 7) is 9.92. The van der Waals surface area contributed by atoms with E-state index in [9.17, 15) is 9.59 Å². The van der Waals surface area contributed by atoms with Gasteiger partial charge in [-0.2, -0.15) is 0 Å². The molecule has 0 atom stereocenters. The van der Waals surface area contributed by atoms with Crippen molar-refractivity contribution in [2.24, 2.45) is 0 Å². The molecule has 0 saturated carbocycles. The van der Waals surface area contributed by atoms with Crippen LogP contribution in [-0.2, 0) is 9.59 Å². The molecule has 80 valence electrons. The number of rotatable bonds is 2. The molecule has 0 aliphatic rings. The van der Waals surface area contributed by atoms with E-state index in [4.69, 9.17) is 10.2 Å². The molecular weight excluding hydrogens is 184 g/mol. The normalized spacial score (nSPS) is 7.29. The lowest BCUT2D eigenvalue weighted by atomic mass is 10.6. The van der Waals surface area contributed by atoms with Crippen LogP contribution in [0.4, 0.5) is 0 Å². The molecule has 0 rings (SSSR count). The van der Waals surface area contributed by atoms with Gasteiger partial charge in [0.05, 0.1) is 0 Å². The maximum atomic E-state index is 9.25. The van der Waals surface area contributed by atoms with Crippen LogP contribution >= 0.6 is 0 Å². The highest BCUT2D eigenvalue weighted by Crippen LogP contribution is 1.57. The van der Waals surface area contributed by atoms with Gasteiger partial charge in [0.1, 0.15) is 0 Å². The number of aliphatic carboxylic acids is 2. The fourth-order valence-electron chi connectivity index (χ4n) is 0. The monoisotopic (exact) mass is 200 g/mol. The molecule has 0 amide bonds. The lowest BCUT2D eigenvalue weighted by Gasteiger charge is -1.64. The van der Waals surface area contributed by atoms with Crippen LogP contribution in [0.1, 0.15) is 13.8 Å². The SMILES string of the molecule is C=CC(=O)O.C=CC(=O)O.CC=CC. The van der Waals surface area contributed by atoms with Crippen molar-refractivity contribution in [3.05, 3.63) is 37.5 Å². The highest BCUT2D eigenvalue weighted by Gasteiger charge is 1.73. The maximum absolute atomic E-state index is 9.25. The van der Waals surface area contributed by atoms with Crippen molar-refractivity contribution < 1.29 is 19.8 Å². The number of carboxylic acids is 2. The minimum atomic E-state index is -0.981. The molecule has 0 radical (unpaired) electrons. The molecule has 0 aliphatic heterocycles. The van der Waals surface area contributed by atoms with Crippen molar-refractivity contribution in [1.82, 2.24) is 0 Å². The molecule has 14 heavy (non-hydrogen) atoms. The second-order valence-electron chi connectivity index (χ2n) is 1.75. The number of carboxylic acid groups (broad SMARTS) is 2. The summed E-state index contributed by atoms with van der Waals surface area (Å²) in [6, 6.07) is 0. The fraction of sp³-hybridized carbons (Fsp3) is 0.200. The molecule has 0 spiro atoms. The molecule has 0 aliphatic carbocycles. The first-order chi connectivity index (χ1) is 6.45. The van der Waals surface area contributed by atoms with Crippen molar-refractivity contribution >= 4 is 11.9 Å². The first-order valence-corrected chi connectivity index (χ1v) is 3.74. The average Bonchev–Trinajstić information content (AvgIpc) is 2.19. The van der Waals surface area contributed by atoms with E-state index >= 15 is 0 Å². The van der Waals surface area contributed by atoms with Gasteiger partial charge in [0.15, 0.2) is 0 Å². The fourth-order valence-corrected chi connectivity index (χ4v) is 0. The summed E-state index contributed by atoms with van der Waals surface area (Å²) in [4.78, 5) is 18.5. The lowest BCUT2D eigenvalue weighted by molar-refractivity contribution is -0.132. The molecular formula is C10H16O4. The molecule has 2 N–H and O–H groups in total. The maximum Gasteiger partial charge on any atom is 0.327 e. The highest BCUT2D eigenvalue weighted by molar-refractivity contribution is 5.79. The largest absolute Gasteiger partial charge is 0.478 e. The van der Waals surface area contributed by atoms with Gasteiger partial charge in [-0.1, -0.05) is 25.3 Å². The third-order valence-corrected chi connectivity index (χ3v) is 0.683. The van der Waals surface area contributed by atoms with Gasteiger partial charge in [-0.15, -0.1) is 0 Å². The Bertz CT molecular complexity index is 182. The van der Waals surface area contributed by atoms with Gasteiger partial charge in [0.2, 0.25) is 0 Å². The second kappa shape index (κ2) is 17.3. The predicted molar refractivity (Wildman–Crippen MR) is 56.2 cm³/mol. The second-order valence-corrected chi connectivity index (χ2v) is 1.75. The van der Waals surface area contributed by atoms with E-state index in [2.05, 4.69) is 13.2 Å². The van der Waals surface area contributed by atoms with Crippen molar-refractivity contribution in [2.75, 3.05) is 0 Å². The topological polar surface area (TPSA) is 74.6 Å². The number of allylic oxidation sites excluding steroid dienone is 2. The average molecular weight is 200 g/mol. The first kappa shape index (κ1) is 18.0. The van der Waals surface area contributed by atoms with Crippen LogP contribution in [0.2, 0.25) is 0 Å². The summed E-state index contributed by atoms with van der Waals surface area (Å²) in [7, 11) is 0. The van der Waals surface area contributed by atoms with Crippen molar-refractivity contribution in [2.45, 2.75) is 13.8 Å². The van der Waals surface area contributed by atoms with Gasteiger partial charge in [0.25, 0.3) is 0 Å². The Hall–Kier alpha value is -1.84. The number of hydrogen-bond acceptors (Lipinski definition) is 2. The predicted octanol–water partition coefficient (Wildman–Crippen LogP) is 2.10. The summed E-state index contributed by atoms with van der Waals surface area (Å²) in [5, 5.41) is 15.2. The molecule has 0 aromatic carbocycles. The summed E-state index contributed by atoms with van der Waals surface area (Å²) in [6.07, 6.45) is 5.67. The van der Waals surface area contributed by atoms with Gasteiger partial charge in [-0.3, -0.25) is 0 Å². The Balaban J connectivity index is -0.000000131. The van der Waals surface area contributed by atoms with Crippen LogP contribution in [0.25, 0.3) is 0 Å². The summed E-state index contributed by atoms with van der Waals surface area (Å²) in [5.74, 6) is -1.96. The lowest BCUT2D eigenvalue weighted by Crippen LogP contribution is -1.82. The zero-order valence-electron chi connectivity index (χ0n) is 8.43. The zero-order chi connectivity index (χ0) is 12.0. The van der Waals surface area contributed by atoms with E-state index in [1.807, 2.05) is 26.0 Å². The molecule has 4 heteroatoms. The van der Waals surface area contributed by atoms with E-state index in [1.54, 1.807) is 0 Å². The van der Waals surface area contributed by atoms with Crippen molar-refractivity contribution in [3.8, 4) is 0 Å². The smallest absolute Gasteiger partial charge is 0.327 e. The van der Waals surface area contributed by atoms with Crippen LogP contribution in [-0.4, -0.2) is 22.2 Å². The Kier molecular flexibility index (Phi) is 22.3. The Morgan fingerprint density at radius 3 is 1.07 bits per heavy atom.